The normalized spacial score (nSPS) is 11.1. The topological polar surface area (TPSA) is 64.5 Å². The lowest BCUT2D eigenvalue weighted by Gasteiger charge is -2.16. The molecule has 0 spiro atoms. The zero-order valence-corrected chi connectivity index (χ0v) is 31.4. The first kappa shape index (κ1) is 34.6. The quantitative estimate of drug-likeness (QED) is 0.155. The van der Waals surface area contributed by atoms with E-state index in [-0.39, 0.29) is 0 Å². The Balaban J connectivity index is 1.07. The highest BCUT2D eigenvalue weighted by Crippen LogP contribution is 2.40. The summed E-state index contributed by atoms with van der Waals surface area (Å²) in [5.41, 5.74) is 12.0. The van der Waals surface area contributed by atoms with Gasteiger partial charge < -0.3 is 0 Å². The molecule has 272 valence electrons. The molecule has 5 heteroatoms. The highest BCUT2D eigenvalue weighted by atomic mass is 15.0. The van der Waals surface area contributed by atoms with E-state index in [0.717, 1.165) is 77.8 Å². The van der Waals surface area contributed by atoms with Crippen LogP contribution in [0.3, 0.4) is 0 Å². The minimum atomic E-state index is 0.621. The summed E-state index contributed by atoms with van der Waals surface area (Å²) in [4.78, 5) is 25.3. The van der Waals surface area contributed by atoms with Crippen LogP contribution < -0.4 is 0 Å². The Kier molecular flexibility index (Phi) is 9.14. The monoisotopic (exact) mass is 741 g/mol. The smallest absolute Gasteiger partial charge is 0.164 e. The molecule has 0 radical (unpaired) electrons. The fourth-order valence-corrected chi connectivity index (χ4v) is 7.45. The zero-order valence-electron chi connectivity index (χ0n) is 31.4. The summed E-state index contributed by atoms with van der Waals surface area (Å²) in [5, 5.41) is 2.27. The van der Waals surface area contributed by atoms with E-state index < -0.39 is 0 Å². The molecule has 0 unspecified atom stereocenters. The van der Waals surface area contributed by atoms with E-state index in [2.05, 4.69) is 115 Å². The molecule has 10 aromatic rings. The van der Waals surface area contributed by atoms with Gasteiger partial charge in [-0.2, -0.15) is 0 Å². The summed E-state index contributed by atoms with van der Waals surface area (Å²) in [7, 11) is 0. The number of fused-ring (bicyclic) bond motifs is 1. The molecule has 0 saturated carbocycles. The molecule has 5 nitrogen and oxygen atoms in total. The van der Waals surface area contributed by atoms with Gasteiger partial charge in [-0.3, -0.25) is 0 Å². The summed E-state index contributed by atoms with van der Waals surface area (Å²) < 4.78 is 0. The first-order valence-corrected chi connectivity index (χ1v) is 19.3. The Morgan fingerprint density at radius 3 is 1.26 bits per heavy atom. The third-order valence-corrected chi connectivity index (χ3v) is 10.4. The minimum Gasteiger partial charge on any atom is -0.228 e. The molecule has 8 aromatic carbocycles. The van der Waals surface area contributed by atoms with Crippen molar-refractivity contribution in [3.05, 3.63) is 212 Å². The van der Waals surface area contributed by atoms with Crippen molar-refractivity contribution in [2.45, 2.75) is 0 Å². The van der Waals surface area contributed by atoms with E-state index >= 15 is 0 Å². The van der Waals surface area contributed by atoms with Crippen LogP contribution in [0.1, 0.15) is 0 Å². The van der Waals surface area contributed by atoms with Gasteiger partial charge in [0.2, 0.25) is 0 Å². The van der Waals surface area contributed by atoms with E-state index in [1.54, 1.807) is 0 Å². The van der Waals surface area contributed by atoms with Crippen molar-refractivity contribution in [3.8, 4) is 90.3 Å². The van der Waals surface area contributed by atoms with Gasteiger partial charge in [-0.05, 0) is 45.7 Å². The number of aromatic nitrogens is 5. The first-order valence-electron chi connectivity index (χ1n) is 19.3. The molecule has 0 aliphatic heterocycles. The molecule has 0 amide bonds. The highest BCUT2D eigenvalue weighted by molar-refractivity contribution is 6.04. The largest absolute Gasteiger partial charge is 0.228 e. The van der Waals surface area contributed by atoms with Gasteiger partial charge >= 0.3 is 0 Å². The van der Waals surface area contributed by atoms with Crippen molar-refractivity contribution in [2.24, 2.45) is 0 Å². The van der Waals surface area contributed by atoms with Crippen LogP contribution >= 0.6 is 0 Å². The van der Waals surface area contributed by atoms with Crippen LogP contribution in [0.2, 0.25) is 0 Å². The van der Waals surface area contributed by atoms with E-state index in [1.807, 2.05) is 97.1 Å². The number of rotatable bonds is 8. The van der Waals surface area contributed by atoms with Crippen LogP contribution in [0, 0.1) is 0 Å². The first-order chi connectivity index (χ1) is 28.7. The number of hydrogen-bond donors (Lipinski definition) is 0. The van der Waals surface area contributed by atoms with Crippen LogP contribution in [0.25, 0.3) is 101 Å². The van der Waals surface area contributed by atoms with Crippen LogP contribution in [0.4, 0.5) is 0 Å². The molecule has 0 bridgehead atoms. The lowest BCUT2D eigenvalue weighted by molar-refractivity contribution is 1.07. The van der Waals surface area contributed by atoms with Crippen molar-refractivity contribution in [1.29, 1.82) is 0 Å². The third-order valence-electron chi connectivity index (χ3n) is 10.4. The number of hydrogen-bond acceptors (Lipinski definition) is 5. The minimum absolute atomic E-state index is 0.621. The predicted molar refractivity (Wildman–Crippen MR) is 236 cm³/mol. The molecule has 0 aliphatic rings. The van der Waals surface area contributed by atoms with Gasteiger partial charge in [0.25, 0.3) is 0 Å². The molecule has 0 atom stereocenters. The van der Waals surface area contributed by atoms with Gasteiger partial charge in [-0.25, -0.2) is 24.9 Å². The molecule has 0 saturated heterocycles. The van der Waals surface area contributed by atoms with Crippen molar-refractivity contribution in [2.75, 3.05) is 0 Å². The second-order valence-corrected chi connectivity index (χ2v) is 14.1. The van der Waals surface area contributed by atoms with Crippen molar-refractivity contribution < 1.29 is 0 Å². The molecular formula is C53H35N5. The van der Waals surface area contributed by atoms with Crippen LogP contribution in [-0.4, -0.2) is 24.9 Å². The summed E-state index contributed by atoms with van der Waals surface area (Å²) in [5.74, 6) is 2.57. The average molecular weight is 742 g/mol. The van der Waals surface area contributed by atoms with Gasteiger partial charge in [-0.1, -0.05) is 194 Å². The zero-order chi connectivity index (χ0) is 38.7. The fourth-order valence-electron chi connectivity index (χ4n) is 7.45. The lowest BCUT2D eigenvalue weighted by atomic mass is 9.91. The Hall–Kier alpha value is -7.89. The van der Waals surface area contributed by atoms with Gasteiger partial charge in [0.15, 0.2) is 23.3 Å². The van der Waals surface area contributed by atoms with Crippen molar-refractivity contribution in [1.82, 2.24) is 24.9 Å². The van der Waals surface area contributed by atoms with E-state index in [4.69, 9.17) is 24.9 Å². The molecule has 58 heavy (non-hydrogen) atoms. The highest BCUT2D eigenvalue weighted by Gasteiger charge is 2.19. The Morgan fingerprint density at radius 2 is 0.672 bits per heavy atom. The van der Waals surface area contributed by atoms with Gasteiger partial charge in [0.05, 0.1) is 11.4 Å². The predicted octanol–water partition coefficient (Wildman–Crippen LogP) is 13.2. The van der Waals surface area contributed by atoms with Gasteiger partial charge in [-0.15, -0.1) is 0 Å². The SMILES string of the molecule is c1ccc(-c2cc(-c3ccccc3)nc(-c3ccc(-c4cccc(-c5c(-c6nc(-c7ccccc7)nc(-c7ccccc7)n6)ccc6ccccc56)c4)cc3)n2)cc1. The van der Waals surface area contributed by atoms with Crippen LogP contribution in [-0.2, 0) is 0 Å². The molecule has 0 fully saturated rings. The number of nitrogens with zero attached hydrogens (tertiary/aromatic N) is 5. The lowest BCUT2D eigenvalue weighted by Crippen LogP contribution is -2.01. The molecular weight excluding hydrogens is 707 g/mol. The van der Waals surface area contributed by atoms with Crippen LogP contribution in [0.15, 0.2) is 212 Å². The van der Waals surface area contributed by atoms with Crippen LogP contribution in [0.5, 0.6) is 0 Å². The Morgan fingerprint density at radius 1 is 0.241 bits per heavy atom. The summed E-state index contributed by atoms with van der Waals surface area (Å²) in [6, 6.07) is 72.9. The van der Waals surface area contributed by atoms with Gasteiger partial charge in [0.1, 0.15) is 0 Å². The maximum absolute atomic E-state index is 5.13. The third kappa shape index (κ3) is 6.93. The Labute approximate surface area is 337 Å². The molecule has 2 aromatic heterocycles. The molecule has 10 rings (SSSR count). The molecule has 0 aliphatic carbocycles. The maximum atomic E-state index is 5.13. The van der Waals surface area contributed by atoms with E-state index in [9.17, 15) is 0 Å². The van der Waals surface area contributed by atoms with E-state index in [0.29, 0.717) is 23.3 Å². The number of benzene rings is 8. The fraction of sp³-hybridized carbons (Fsp3) is 0. The second kappa shape index (κ2) is 15.3. The maximum Gasteiger partial charge on any atom is 0.164 e. The van der Waals surface area contributed by atoms with Gasteiger partial charge in [0, 0.05) is 38.9 Å². The molecule has 0 N–H and O–H groups in total. The van der Waals surface area contributed by atoms with Crippen molar-refractivity contribution >= 4 is 10.8 Å². The average Bonchev–Trinajstić information content (AvgIpc) is 3.32. The standard InChI is InChI=1S/C53H35N5/c1-5-17-38(18-6-1)47-35-48(39-19-7-2-8-20-39)55-50(54-47)42-30-28-36(29-31-42)43-25-15-26-44(34-43)49-45-27-14-13-16-37(45)32-33-46(49)53-57-51(40-21-9-3-10-22-40)56-52(58-53)41-23-11-4-12-24-41/h1-35H. The second-order valence-electron chi connectivity index (χ2n) is 14.1. The van der Waals surface area contributed by atoms with E-state index in [1.165, 1.54) is 0 Å². The summed E-state index contributed by atoms with van der Waals surface area (Å²) in [6.07, 6.45) is 0. The Bertz CT molecular complexity index is 2910. The molecule has 2 heterocycles. The summed E-state index contributed by atoms with van der Waals surface area (Å²) >= 11 is 0. The van der Waals surface area contributed by atoms with Crippen molar-refractivity contribution in [3.63, 3.8) is 0 Å². The summed E-state index contributed by atoms with van der Waals surface area (Å²) in [6.45, 7) is 0.